The Hall–Kier alpha value is -3.88. The minimum Gasteiger partial charge on any atom is -0.457 e. The van der Waals surface area contributed by atoms with E-state index in [1.807, 2.05) is 56.4 Å². The summed E-state index contributed by atoms with van der Waals surface area (Å²) in [6, 6.07) is 14.4. The first-order valence-electron chi connectivity index (χ1n) is 12.5. The Morgan fingerprint density at radius 2 is 1.87 bits per heavy atom. The summed E-state index contributed by atoms with van der Waals surface area (Å²) in [5.41, 5.74) is 2.06. The van der Waals surface area contributed by atoms with Crippen LogP contribution in [0.25, 0.3) is 11.0 Å². The average molecular weight is 532 g/mol. The van der Waals surface area contributed by atoms with Crippen molar-refractivity contribution in [3.05, 3.63) is 77.1 Å². The average Bonchev–Trinajstić information content (AvgIpc) is 3.35. The lowest BCUT2D eigenvalue weighted by atomic mass is 9.88. The van der Waals surface area contributed by atoms with Gasteiger partial charge in [0.25, 0.3) is 0 Å². The van der Waals surface area contributed by atoms with Gasteiger partial charge in [0.1, 0.15) is 23.4 Å². The monoisotopic (exact) mass is 531 g/mol. The number of hydrogen-bond donors (Lipinski definition) is 2. The van der Waals surface area contributed by atoms with Crippen molar-refractivity contribution < 1.29 is 14.3 Å². The lowest BCUT2D eigenvalue weighted by Gasteiger charge is -2.38. The van der Waals surface area contributed by atoms with Crippen LogP contribution < -0.4 is 15.0 Å². The van der Waals surface area contributed by atoms with E-state index >= 15 is 0 Å². The molecule has 4 aromatic rings. The SMILES string of the molecule is CN1CCC(C=O)(Nc2c(N(C)C)cnc3[nH]cc(C(=O)c4ccc(Oc5ccccc5)cc4Cl)c23)CC1. The fourth-order valence-corrected chi connectivity index (χ4v) is 5.04. The number of benzene rings is 2. The molecular weight excluding hydrogens is 502 g/mol. The van der Waals surface area contributed by atoms with Crippen LogP contribution in [0, 0.1) is 0 Å². The summed E-state index contributed by atoms with van der Waals surface area (Å²) in [6.07, 6.45) is 5.71. The number of ketones is 1. The van der Waals surface area contributed by atoms with Gasteiger partial charge in [-0.25, -0.2) is 4.98 Å². The molecule has 1 fully saturated rings. The highest BCUT2D eigenvalue weighted by Gasteiger charge is 2.35. The number of carbonyl (C=O) groups excluding carboxylic acids is 2. The number of nitrogens with one attached hydrogen (secondary N) is 2. The fourth-order valence-electron chi connectivity index (χ4n) is 4.78. The summed E-state index contributed by atoms with van der Waals surface area (Å²) in [4.78, 5) is 38.0. The summed E-state index contributed by atoms with van der Waals surface area (Å²) in [7, 11) is 5.87. The second kappa shape index (κ2) is 10.5. The van der Waals surface area contributed by atoms with Crippen LogP contribution in [0.1, 0.15) is 28.8 Å². The molecule has 196 valence electrons. The molecule has 1 aliphatic heterocycles. The highest BCUT2D eigenvalue weighted by molar-refractivity contribution is 6.36. The number of piperidine rings is 1. The van der Waals surface area contributed by atoms with Crippen LogP contribution in [-0.2, 0) is 4.79 Å². The highest BCUT2D eigenvalue weighted by Crippen LogP contribution is 2.39. The number of rotatable bonds is 8. The highest BCUT2D eigenvalue weighted by atomic mass is 35.5. The second-order valence-corrected chi connectivity index (χ2v) is 10.3. The Kier molecular flexibility index (Phi) is 7.10. The van der Waals surface area contributed by atoms with Gasteiger partial charge in [-0.3, -0.25) is 4.79 Å². The number of nitrogens with zero attached hydrogens (tertiary/aromatic N) is 3. The fraction of sp³-hybridized carbons (Fsp3) is 0.276. The topological polar surface area (TPSA) is 90.6 Å². The number of carbonyl (C=O) groups is 2. The number of ether oxygens (including phenoxy) is 1. The third kappa shape index (κ3) is 4.97. The molecule has 2 aromatic heterocycles. The van der Waals surface area contributed by atoms with Crippen molar-refractivity contribution >= 4 is 46.1 Å². The first-order chi connectivity index (χ1) is 18.3. The number of aromatic nitrogens is 2. The number of anilines is 2. The van der Waals surface area contributed by atoms with Crippen LogP contribution in [0.2, 0.25) is 5.02 Å². The van der Waals surface area contributed by atoms with Crippen molar-refractivity contribution in [2.45, 2.75) is 18.4 Å². The van der Waals surface area contributed by atoms with Crippen molar-refractivity contribution in [1.29, 1.82) is 0 Å². The number of likely N-dealkylation sites (tertiary alicyclic amines) is 1. The Labute approximate surface area is 226 Å². The van der Waals surface area contributed by atoms with Crippen LogP contribution in [0.4, 0.5) is 11.4 Å². The normalized spacial score (nSPS) is 15.3. The van der Waals surface area contributed by atoms with E-state index in [9.17, 15) is 9.59 Å². The lowest BCUT2D eigenvalue weighted by Crippen LogP contribution is -2.49. The van der Waals surface area contributed by atoms with E-state index in [0.717, 1.165) is 25.1 Å². The lowest BCUT2D eigenvalue weighted by molar-refractivity contribution is -0.112. The van der Waals surface area contributed by atoms with Crippen molar-refractivity contribution in [2.75, 3.05) is 44.4 Å². The molecule has 0 saturated carbocycles. The molecule has 0 atom stereocenters. The largest absolute Gasteiger partial charge is 0.457 e. The van der Waals surface area contributed by atoms with Crippen molar-refractivity contribution in [1.82, 2.24) is 14.9 Å². The van der Waals surface area contributed by atoms with Gasteiger partial charge in [0.2, 0.25) is 0 Å². The number of halogens is 1. The Bertz CT molecular complexity index is 1480. The van der Waals surface area contributed by atoms with Gasteiger partial charge in [-0.15, -0.1) is 0 Å². The summed E-state index contributed by atoms with van der Waals surface area (Å²) < 4.78 is 5.87. The molecule has 0 radical (unpaired) electrons. The third-order valence-corrected chi connectivity index (χ3v) is 7.36. The van der Waals surface area contributed by atoms with Crippen LogP contribution in [0.5, 0.6) is 11.5 Å². The molecule has 0 amide bonds. The molecule has 9 heteroatoms. The van der Waals surface area contributed by atoms with E-state index in [1.165, 1.54) is 0 Å². The van der Waals surface area contributed by atoms with Crippen molar-refractivity contribution in [2.24, 2.45) is 0 Å². The molecule has 2 N–H and O–H groups in total. The predicted octanol–water partition coefficient (Wildman–Crippen LogP) is 5.38. The first kappa shape index (κ1) is 25.8. The van der Waals surface area contributed by atoms with E-state index in [0.29, 0.717) is 52.2 Å². The molecule has 0 unspecified atom stereocenters. The van der Waals surface area contributed by atoms with E-state index in [4.69, 9.17) is 16.3 Å². The Morgan fingerprint density at radius 1 is 1.13 bits per heavy atom. The van der Waals surface area contributed by atoms with Gasteiger partial charge in [0.05, 0.1) is 39.1 Å². The maximum atomic E-state index is 13.8. The number of hydrogen-bond acceptors (Lipinski definition) is 7. The molecule has 3 heterocycles. The minimum absolute atomic E-state index is 0.253. The summed E-state index contributed by atoms with van der Waals surface area (Å²) in [6.45, 7) is 1.59. The quantitative estimate of drug-likeness (QED) is 0.233. The number of para-hydroxylation sites is 1. The van der Waals surface area contributed by atoms with E-state index < -0.39 is 5.54 Å². The summed E-state index contributed by atoms with van der Waals surface area (Å²) in [5, 5.41) is 4.45. The smallest absolute Gasteiger partial charge is 0.196 e. The van der Waals surface area contributed by atoms with Gasteiger partial charge >= 0.3 is 0 Å². The van der Waals surface area contributed by atoms with Gasteiger partial charge in [0, 0.05) is 45.0 Å². The molecule has 1 saturated heterocycles. The summed E-state index contributed by atoms with van der Waals surface area (Å²) in [5.74, 6) is 0.956. The van der Waals surface area contributed by atoms with Crippen LogP contribution >= 0.6 is 11.6 Å². The maximum Gasteiger partial charge on any atom is 0.196 e. The van der Waals surface area contributed by atoms with E-state index in [2.05, 4.69) is 20.2 Å². The zero-order chi connectivity index (χ0) is 26.9. The van der Waals surface area contributed by atoms with Crippen molar-refractivity contribution in [3.63, 3.8) is 0 Å². The predicted molar refractivity (Wildman–Crippen MR) is 151 cm³/mol. The van der Waals surface area contributed by atoms with Gasteiger partial charge < -0.3 is 29.6 Å². The first-order valence-corrected chi connectivity index (χ1v) is 12.9. The van der Waals surface area contributed by atoms with E-state index in [1.54, 1.807) is 30.6 Å². The molecule has 38 heavy (non-hydrogen) atoms. The third-order valence-electron chi connectivity index (χ3n) is 7.05. The van der Waals surface area contributed by atoms with Gasteiger partial charge in [-0.2, -0.15) is 0 Å². The molecule has 0 spiro atoms. The standard InChI is InChI=1S/C29H30ClN5O3/c1-34(2)24-17-32-28-25(26(24)33-29(18-36)11-13-35(3)14-12-29)22(16-31-28)27(37)21-10-9-20(15-23(21)30)38-19-7-5-4-6-8-19/h4-10,15-18H,11-14H2,1-3H3,(H2,31,32,33). The molecule has 0 aliphatic carbocycles. The molecule has 2 aromatic carbocycles. The van der Waals surface area contributed by atoms with Gasteiger partial charge in [-0.1, -0.05) is 29.8 Å². The summed E-state index contributed by atoms with van der Waals surface area (Å²) >= 11 is 6.59. The minimum atomic E-state index is -0.739. The van der Waals surface area contributed by atoms with Crippen molar-refractivity contribution in [3.8, 4) is 11.5 Å². The molecule has 1 aliphatic rings. The number of H-pyrrole nitrogens is 1. The molecule has 0 bridgehead atoms. The van der Waals surface area contributed by atoms with E-state index in [-0.39, 0.29) is 10.8 Å². The number of aromatic amines is 1. The Morgan fingerprint density at radius 3 is 2.53 bits per heavy atom. The van der Waals surface area contributed by atoms with Crippen LogP contribution in [0.3, 0.4) is 0 Å². The molecular formula is C29H30ClN5O3. The van der Waals surface area contributed by atoms with Gasteiger partial charge in [0.15, 0.2) is 5.78 Å². The van der Waals surface area contributed by atoms with Gasteiger partial charge in [-0.05, 0) is 44.2 Å². The zero-order valence-corrected chi connectivity index (χ0v) is 22.4. The maximum absolute atomic E-state index is 13.8. The number of fused-ring (bicyclic) bond motifs is 1. The number of pyridine rings is 1. The Balaban J connectivity index is 1.54. The molecule has 8 nitrogen and oxygen atoms in total. The van der Waals surface area contributed by atoms with Crippen LogP contribution in [-0.4, -0.2) is 66.7 Å². The number of aldehydes is 1. The van der Waals surface area contributed by atoms with Crippen LogP contribution in [0.15, 0.2) is 60.9 Å². The second-order valence-electron chi connectivity index (χ2n) is 9.93. The molecule has 5 rings (SSSR count). The zero-order valence-electron chi connectivity index (χ0n) is 21.6.